The highest BCUT2D eigenvalue weighted by molar-refractivity contribution is 5.49. The summed E-state index contributed by atoms with van der Waals surface area (Å²) in [6, 6.07) is 4.14. The smallest absolute Gasteiger partial charge is 0.159 e. The van der Waals surface area contributed by atoms with Crippen LogP contribution in [0.3, 0.4) is 0 Å². The minimum absolute atomic E-state index is 0.598. The fourth-order valence-corrected chi connectivity index (χ4v) is 5.03. The van der Waals surface area contributed by atoms with Crippen LogP contribution in [0.15, 0.2) is 24.3 Å². The molecule has 25 heavy (non-hydrogen) atoms. The predicted octanol–water partition coefficient (Wildman–Crippen LogP) is 7.39. The molecule has 1 aromatic rings. The molecule has 0 radical (unpaired) electrons. The highest BCUT2D eigenvalue weighted by atomic mass is 19.2. The molecule has 2 saturated carbocycles. The van der Waals surface area contributed by atoms with E-state index < -0.39 is 11.6 Å². The van der Waals surface area contributed by atoms with Crippen LogP contribution < -0.4 is 0 Å². The van der Waals surface area contributed by atoms with Crippen molar-refractivity contribution in [2.45, 2.75) is 71.1 Å². The molecule has 0 bridgehead atoms. The molecule has 0 nitrogen and oxygen atoms in total. The third-order valence-corrected chi connectivity index (χ3v) is 6.58. The van der Waals surface area contributed by atoms with Gasteiger partial charge in [0.2, 0.25) is 0 Å². The summed E-state index contributed by atoms with van der Waals surface area (Å²) in [7, 11) is 0. The Labute approximate surface area is 151 Å². The average molecular weight is 347 g/mol. The van der Waals surface area contributed by atoms with Gasteiger partial charge in [0, 0.05) is 0 Å². The molecule has 2 heteroatoms. The van der Waals surface area contributed by atoms with Gasteiger partial charge in [-0.15, -0.1) is 0 Å². The zero-order valence-electron chi connectivity index (χ0n) is 15.5. The average Bonchev–Trinajstić information content (AvgIpc) is 2.64. The number of rotatable bonds is 5. The SMILES string of the molecule is CCCC1CCC(C2CCC(C=Cc3ccc(F)c(F)c3)CC2)CC1. The van der Waals surface area contributed by atoms with Gasteiger partial charge in [0.05, 0.1) is 0 Å². The Morgan fingerprint density at radius 3 is 2.12 bits per heavy atom. The molecular weight excluding hydrogens is 314 g/mol. The molecule has 138 valence electrons. The lowest BCUT2D eigenvalue weighted by Crippen LogP contribution is -2.25. The lowest BCUT2D eigenvalue weighted by Gasteiger charge is -2.37. The number of hydrogen-bond donors (Lipinski definition) is 0. The minimum atomic E-state index is -0.772. The standard InChI is InChI=1S/C23H32F2/c1-2-3-17-6-11-20(12-7-17)21-13-8-18(9-14-21)4-5-19-10-15-22(24)23(25)16-19/h4-5,10,15-18,20-21H,2-3,6-9,11-14H2,1H3. The minimum Gasteiger partial charge on any atom is -0.204 e. The van der Waals surface area contributed by atoms with Gasteiger partial charge in [0.15, 0.2) is 11.6 Å². The van der Waals surface area contributed by atoms with Crippen molar-refractivity contribution < 1.29 is 8.78 Å². The second kappa shape index (κ2) is 8.96. The zero-order chi connectivity index (χ0) is 17.6. The molecule has 0 heterocycles. The molecule has 3 rings (SSSR count). The van der Waals surface area contributed by atoms with E-state index in [1.807, 2.05) is 6.08 Å². The molecule has 2 aliphatic carbocycles. The van der Waals surface area contributed by atoms with Crippen molar-refractivity contribution in [1.29, 1.82) is 0 Å². The van der Waals surface area contributed by atoms with Gasteiger partial charge in [-0.05, 0) is 79.9 Å². The van der Waals surface area contributed by atoms with Crippen molar-refractivity contribution in [3.05, 3.63) is 41.5 Å². The van der Waals surface area contributed by atoms with E-state index in [0.29, 0.717) is 5.92 Å². The lowest BCUT2D eigenvalue weighted by atomic mass is 9.68. The molecule has 0 unspecified atom stereocenters. The van der Waals surface area contributed by atoms with Crippen LogP contribution in [-0.2, 0) is 0 Å². The summed E-state index contributed by atoms with van der Waals surface area (Å²) >= 11 is 0. The number of benzene rings is 1. The Morgan fingerprint density at radius 1 is 0.880 bits per heavy atom. The second-order valence-corrected chi connectivity index (χ2v) is 8.28. The third kappa shape index (κ3) is 5.15. The molecule has 1 aromatic carbocycles. The van der Waals surface area contributed by atoms with Crippen LogP contribution in [0, 0.1) is 35.3 Å². The van der Waals surface area contributed by atoms with Crippen LogP contribution in [-0.4, -0.2) is 0 Å². The van der Waals surface area contributed by atoms with Gasteiger partial charge in [-0.1, -0.05) is 50.8 Å². The Hall–Kier alpha value is -1.18. The molecule has 0 atom stereocenters. The van der Waals surface area contributed by atoms with Gasteiger partial charge in [0.25, 0.3) is 0 Å². The van der Waals surface area contributed by atoms with Crippen molar-refractivity contribution in [3.63, 3.8) is 0 Å². The van der Waals surface area contributed by atoms with E-state index >= 15 is 0 Å². The lowest BCUT2D eigenvalue weighted by molar-refractivity contribution is 0.152. The summed E-state index contributed by atoms with van der Waals surface area (Å²) < 4.78 is 26.3. The summed E-state index contributed by atoms with van der Waals surface area (Å²) in [5, 5.41) is 0. The summed E-state index contributed by atoms with van der Waals surface area (Å²) in [5.74, 6) is 1.95. The summed E-state index contributed by atoms with van der Waals surface area (Å²) in [4.78, 5) is 0. The Bertz CT molecular complexity index is 561. The van der Waals surface area contributed by atoms with Crippen LogP contribution >= 0.6 is 0 Å². The van der Waals surface area contributed by atoms with Gasteiger partial charge in [-0.25, -0.2) is 8.78 Å². The van der Waals surface area contributed by atoms with Crippen molar-refractivity contribution in [2.75, 3.05) is 0 Å². The maximum Gasteiger partial charge on any atom is 0.159 e. The first-order valence-corrected chi connectivity index (χ1v) is 10.3. The van der Waals surface area contributed by atoms with Gasteiger partial charge in [-0.2, -0.15) is 0 Å². The van der Waals surface area contributed by atoms with Gasteiger partial charge in [0.1, 0.15) is 0 Å². The van der Waals surface area contributed by atoms with Crippen LogP contribution in [0.2, 0.25) is 0 Å². The van der Waals surface area contributed by atoms with E-state index in [0.717, 1.165) is 23.3 Å². The highest BCUT2D eigenvalue weighted by Gasteiger charge is 2.29. The molecule has 0 saturated heterocycles. The highest BCUT2D eigenvalue weighted by Crippen LogP contribution is 2.42. The van der Waals surface area contributed by atoms with Gasteiger partial charge < -0.3 is 0 Å². The van der Waals surface area contributed by atoms with E-state index in [2.05, 4.69) is 13.0 Å². The first-order valence-electron chi connectivity index (χ1n) is 10.3. The topological polar surface area (TPSA) is 0 Å². The fourth-order valence-electron chi connectivity index (χ4n) is 5.03. The molecule has 0 amide bonds. The quantitative estimate of drug-likeness (QED) is 0.521. The molecule has 2 aliphatic rings. The number of halogens is 2. The normalized spacial score (nSPS) is 30.7. The fraction of sp³-hybridized carbons (Fsp3) is 0.652. The Balaban J connectivity index is 1.44. The summed E-state index contributed by atoms with van der Waals surface area (Å²) in [6.45, 7) is 2.31. The second-order valence-electron chi connectivity index (χ2n) is 8.28. The Kier molecular flexibility index (Phi) is 6.67. The van der Waals surface area contributed by atoms with Crippen molar-refractivity contribution in [3.8, 4) is 0 Å². The van der Waals surface area contributed by atoms with Crippen LogP contribution in [0.1, 0.15) is 76.7 Å². The Morgan fingerprint density at radius 2 is 1.52 bits per heavy atom. The van der Waals surface area contributed by atoms with E-state index in [1.165, 1.54) is 76.3 Å². The first-order chi connectivity index (χ1) is 12.2. The summed E-state index contributed by atoms with van der Waals surface area (Å²) in [6.07, 6.45) is 17.9. The van der Waals surface area contributed by atoms with Crippen molar-refractivity contribution in [2.24, 2.45) is 23.7 Å². The van der Waals surface area contributed by atoms with Crippen molar-refractivity contribution >= 4 is 6.08 Å². The predicted molar refractivity (Wildman–Crippen MR) is 101 cm³/mol. The first kappa shape index (κ1) is 18.6. The molecular formula is C23H32F2. The third-order valence-electron chi connectivity index (χ3n) is 6.58. The largest absolute Gasteiger partial charge is 0.204 e. The molecule has 0 aliphatic heterocycles. The van der Waals surface area contributed by atoms with Crippen LogP contribution in [0.5, 0.6) is 0 Å². The number of hydrogen-bond acceptors (Lipinski definition) is 0. The van der Waals surface area contributed by atoms with E-state index in [1.54, 1.807) is 6.07 Å². The van der Waals surface area contributed by atoms with E-state index in [-0.39, 0.29) is 0 Å². The van der Waals surface area contributed by atoms with Gasteiger partial charge in [-0.3, -0.25) is 0 Å². The van der Waals surface area contributed by atoms with Crippen LogP contribution in [0.25, 0.3) is 6.08 Å². The molecule has 2 fully saturated rings. The number of allylic oxidation sites excluding steroid dienone is 1. The van der Waals surface area contributed by atoms with Crippen molar-refractivity contribution in [1.82, 2.24) is 0 Å². The van der Waals surface area contributed by atoms with Crippen LogP contribution in [0.4, 0.5) is 8.78 Å². The maximum atomic E-state index is 13.3. The monoisotopic (exact) mass is 346 g/mol. The van der Waals surface area contributed by atoms with Gasteiger partial charge >= 0.3 is 0 Å². The molecule has 0 aromatic heterocycles. The molecule has 0 spiro atoms. The van der Waals surface area contributed by atoms with E-state index in [4.69, 9.17) is 0 Å². The summed E-state index contributed by atoms with van der Waals surface area (Å²) in [5.41, 5.74) is 0.760. The zero-order valence-corrected chi connectivity index (χ0v) is 15.5. The maximum absolute atomic E-state index is 13.3. The molecule has 0 N–H and O–H groups in total. The van der Waals surface area contributed by atoms with E-state index in [9.17, 15) is 8.78 Å².